The Kier molecular flexibility index (Phi) is 3.74. The Bertz CT molecular complexity index is 393. The molecule has 0 saturated heterocycles. The minimum atomic E-state index is -0.920. The number of aliphatic hydroxyl groups is 1. The van der Waals surface area contributed by atoms with Crippen molar-refractivity contribution in [1.82, 2.24) is 5.32 Å². The average Bonchev–Trinajstić information content (AvgIpc) is 3.13. The van der Waals surface area contributed by atoms with Crippen LogP contribution >= 0.6 is 0 Å². The Labute approximate surface area is 99.7 Å². The third kappa shape index (κ3) is 3.23. The Balaban J connectivity index is 1.89. The molecule has 1 aromatic carbocycles. The quantitative estimate of drug-likeness (QED) is 0.829. The molecule has 2 rings (SSSR count). The van der Waals surface area contributed by atoms with Crippen molar-refractivity contribution in [2.24, 2.45) is 5.92 Å². The van der Waals surface area contributed by atoms with Gasteiger partial charge in [-0.2, -0.15) is 0 Å². The molecule has 0 amide bonds. The molecule has 4 heteroatoms. The predicted octanol–water partition coefficient (Wildman–Crippen LogP) is 2.39. The molecular formula is C13H17F2NO. The molecule has 0 aliphatic heterocycles. The summed E-state index contributed by atoms with van der Waals surface area (Å²) in [5, 5.41) is 13.0. The first-order valence-electron chi connectivity index (χ1n) is 5.94. The van der Waals surface area contributed by atoms with E-state index in [1.54, 1.807) is 0 Å². The SMILES string of the molecule is CC(NCC(O)c1ccc(F)c(F)c1)C1CC1. The summed E-state index contributed by atoms with van der Waals surface area (Å²) in [6.07, 6.45) is 1.66. The highest BCUT2D eigenvalue weighted by molar-refractivity contribution is 5.20. The number of nitrogens with one attached hydrogen (secondary N) is 1. The van der Waals surface area contributed by atoms with Gasteiger partial charge < -0.3 is 10.4 Å². The minimum Gasteiger partial charge on any atom is -0.387 e. The second kappa shape index (κ2) is 5.10. The van der Waals surface area contributed by atoms with Gasteiger partial charge in [0, 0.05) is 12.6 Å². The van der Waals surface area contributed by atoms with Gasteiger partial charge in [-0.1, -0.05) is 6.07 Å². The Morgan fingerprint density at radius 3 is 2.65 bits per heavy atom. The van der Waals surface area contributed by atoms with E-state index in [1.165, 1.54) is 18.9 Å². The first-order valence-corrected chi connectivity index (χ1v) is 5.94. The molecule has 0 aromatic heterocycles. The van der Waals surface area contributed by atoms with Gasteiger partial charge in [0.05, 0.1) is 6.10 Å². The van der Waals surface area contributed by atoms with E-state index in [0.29, 0.717) is 24.1 Å². The van der Waals surface area contributed by atoms with Crippen molar-refractivity contribution in [1.29, 1.82) is 0 Å². The van der Waals surface area contributed by atoms with Crippen LogP contribution in [0.2, 0.25) is 0 Å². The van der Waals surface area contributed by atoms with E-state index in [2.05, 4.69) is 12.2 Å². The summed E-state index contributed by atoms with van der Waals surface area (Å²) >= 11 is 0. The molecule has 1 fully saturated rings. The molecule has 2 nitrogen and oxygen atoms in total. The van der Waals surface area contributed by atoms with Crippen LogP contribution in [-0.2, 0) is 0 Å². The van der Waals surface area contributed by atoms with Crippen LogP contribution in [0.4, 0.5) is 8.78 Å². The normalized spacial score (nSPS) is 19.1. The fraction of sp³-hybridized carbons (Fsp3) is 0.538. The molecular weight excluding hydrogens is 224 g/mol. The van der Waals surface area contributed by atoms with Crippen molar-refractivity contribution < 1.29 is 13.9 Å². The molecule has 1 saturated carbocycles. The first kappa shape index (κ1) is 12.5. The van der Waals surface area contributed by atoms with E-state index in [1.807, 2.05) is 0 Å². The van der Waals surface area contributed by atoms with Gasteiger partial charge >= 0.3 is 0 Å². The molecule has 1 aromatic rings. The summed E-state index contributed by atoms with van der Waals surface area (Å²) in [5.74, 6) is -1.11. The van der Waals surface area contributed by atoms with Crippen LogP contribution in [0.5, 0.6) is 0 Å². The standard InChI is InChI=1S/C13H17F2NO/c1-8(9-2-3-9)16-7-13(17)10-4-5-11(14)12(15)6-10/h4-6,8-9,13,16-17H,2-3,7H2,1H3. The van der Waals surface area contributed by atoms with Crippen molar-refractivity contribution in [2.75, 3.05) is 6.54 Å². The van der Waals surface area contributed by atoms with Crippen molar-refractivity contribution in [2.45, 2.75) is 31.9 Å². The van der Waals surface area contributed by atoms with Crippen molar-refractivity contribution >= 4 is 0 Å². The van der Waals surface area contributed by atoms with E-state index >= 15 is 0 Å². The number of hydrogen-bond acceptors (Lipinski definition) is 2. The summed E-state index contributed by atoms with van der Waals surface area (Å²) < 4.78 is 25.7. The summed E-state index contributed by atoms with van der Waals surface area (Å²) in [7, 11) is 0. The van der Waals surface area contributed by atoms with Gasteiger partial charge in [0.1, 0.15) is 0 Å². The van der Waals surface area contributed by atoms with Crippen molar-refractivity contribution in [3.05, 3.63) is 35.4 Å². The largest absolute Gasteiger partial charge is 0.387 e. The first-order chi connectivity index (χ1) is 8.08. The van der Waals surface area contributed by atoms with Gasteiger partial charge in [-0.25, -0.2) is 8.78 Å². The molecule has 1 aliphatic carbocycles. The van der Waals surface area contributed by atoms with Crippen LogP contribution in [0.25, 0.3) is 0 Å². The summed E-state index contributed by atoms with van der Waals surface area (Å²) in [6.45, 7) is 2.44. The van der Waals surface area contributed by atoms with Crippen LogP contribution in [0.3, 0.4) is 0 Å². The summed E-state index contributed by atoms with van der Waals surface area (Å²) in [4.78, 5) is 0. The van der Waals surface area contributed by atoms with E-state index < -0.39 is 17.7 Å². The van der Waals surface area contributed by atoms with Gasteiger partial charge in [-0.15, -0.1) is 0 Å². The van der Waals surface area contributed by atoms with Crippen LogP contribution in [0, 0.1) is 17.6 Å². The molecule has 0 heterocycles. The number of rotatable bonds is 5. The molecule has 0 radical (unpaired) electrons. The van der Waals surface area contributed by atoms with Crippen LogP contribution in [-0.4, -0.2) is 17.7 Å². The number of aliphatic hydroxyl groups excluding tert-OH is 1. The zero-order chi connectivity index (χ0) is 12.4. The van der Waals surface area contributed by atoms with E-state index in [-0.39, 0.29) is 0 Å². The van der Waals surface area contributed by atoms with Gasteiger partial charge in [0.15, 0.2) is 11.6 Å². The highest BCUT2D eigenvalue weighted by Crippen LogP contribution is 2.32. The van der Waals surface area contributed by atoms with Gasteiger partial charge in [-0.05, 0) is 43.4 Å². The second-order valence-corrected chi connectivity index (χ2v) is 4.72. The smallest absolute Gasteiger partial charge is 0.159 e. The molecule has 1 aliphatic rings. The van der Waals surface area contributed by atoms with Crippen molar-refractivity contribution in [3.63, 3.8) is 0 Å². The maximum Gasteiger partial charge on any atom is 0.159 e. The summed E-state index contributed by atoms with van der Waals surface area (Å²) in [6, 6.07) is 3.86. The summed E-state index contributed by atoms with van der Waals surface area (Å²) in [5.41, 5.74) is 0.402. The third-order valence-electron chi connectivity index (χ3n) is 3.29. The monoisotopic (exact) mass is 241 g/mol. The molecule has 2 N–H and O–H groups in total. The predicted molar refractivity (Wildman–Crippen MR) is 61.5 cm³/mol. The number of benzene rings is 1. The molecule has 0 bridgehead atoms. The zero-order valence-corrected chi connectivity index (χ0v) is 9.79. The Hall–Kier alpha value is -1.00. The lowest BCUT2D eigenvalue weighted by atomic mass is 10.1. The lowest BCUT2D eigenvalue weighted by molar-refractivity contribution is 0.168. The minimum absolute atomic E-state index is 0.364. The molecule has 2 unspecified atom stereocenters. The fourth-order valence-corrected chi connectivity index (χ4v) is 1.90. The average molecular weight is 241 g/mol. The van der Waals surface area contributed by atoms with Crippen LogP contribution in [0.15, 0.2) is 18.2 Å². The van der Waals surface area contributed by atoms with Crippen LogP contribution < -0.4 is 5.32 Å². The van der Waals surface area contributed by atoms with Crippen LogP contribution in [0.1, 0.15) is 31.4 Å². The fourth-order valence-electron chi connectivity index (χ4n) is 1.90. The van der Waals surface area contributed by atoms with Gasteiger partial charge in [-0.3, -0.25) is 0 Å². The van der Waals surface area contributed by atoms with E-state index in [0.717, 1.165) is 12.1 Å². The van der Waals surface area contributed by atoms with Crippen molar-refractivity contribution in [3.8, 4) is 0 Å². The maximum absolute atomic E-state index is 13.0. The third-order valence-corrected chi connectivity index (χ3v) is 3.29. The van der Waals surface area contributed by atoms with Gasteiger partial charge in [0.25, 0.3) is 0 Å². The number of halogens is 2. The Morgan fingerprint density at radius 2 is 2.06 bits per heavy atom. The molecule has 94 valence electrons. The highest BCUT2D eigenvalue weighted by atomic mass is 19.2. The lowest BCUT2D eigenvalue weighted by Crippen LogP contribution is -2.31. The Morgan fingerprint density at radius 1 is 1.35 bits per heavy atom. The highest BCUT2D eigenvalue weighted by Gasteiger charge is 2.27. The lowest BCUT2D eigenvalue weighted by Gasteiger charge is -2.17. The topological polar surface area (TPSA) is 32.3 Å². The van der Waals surface area contributed by atoms with Gasteiger partial charge in [0.2, 0.25) is 0 Å². The van der Waals surface area contributed by atoms with E-state index in [4.69, 9.17) is 0 Å². The van der Waals surface area contributed by atoms with E-state index in [9.17, 15) is 13.9 Å². The second-order valence-electron chi connectivity index (χ2n) is 4.72. The zero-order valence-electron chi connectivity index (χ0n) is 9.79. The number of hydrogen-bond donors (Lipinski definition) is 2. The maximum atomic E-state index is 13.0. The molecule has 0 spiro atoms. The molecule has 17 heavy (non-hydrogen) atoms. The molecule has 2 atom stereocenters.